The highest BCUT2D eigenvalue weighted by molar-refractivity contribution is 5.95. The molecule has 2 aromatic rings. The molecule has 0 atom stereocenters. The lowest BCUT2D eigenvalue weighted by Crippen LogP contribution is -2.17. The Morgan fingerprint density at radius 1 is 1.19 bits per heavy atom. The average Bonchev–Trinajstić information content (AvgIpc) is 2.49. The number of nitrogens with one attached hydrogen (secondary N) is 1. The van der Waals surface area contributed by atoms with E-state index >= 15 is 0 Å². The lowest BCUT2D eigenvalue weighted by molar-refractivity contribution is -0.384. The maximum Gasteiger partial charge on any atom is 0.271 e. The molecule has 2 rings (SSSR count). The van der Waals surface area contributed by atoms with Crippen LogP contribution in [-0.2, 0) is 0 Å². The van der Waals surface area contributed by atoms with Crippen molar-refractivity contribution in [2.45, 2.75) is 6.92 Å². The van der Waals surface area contributed by atoms with Crippen molar-refractivity contribution >= 4 is 17.8 Å². The minimum atomic E-state index is -0.516. The molecule has 1 amide bonds. The molecule has 6 heteroatoms. The number of hydrazone groups is 1. The average molecular weight is 283 g/mol. The van der Waals surface area contributed by atoms with E-state index in [1.807, 2.05) is 31.2 Å². The van der Waals surface area contributed by atoms with Gasteiger partial charge in [-0.3, -0.25) is 14.9 Å². The third kappa shape index (κ3) is 3.73. The summed E-state index contributed by atoms with van der Waals surface area (Å²) in [6.45, 7) is 1.94. The molecular formula is C15H13N3O3. The number of nitro groups is 1. The Bertz CT molecular complexity index is 694. The van der Waals surface area contributed by atoms with Crippen LogP contribution in [0.4, 0.5) is 5.69 Å². The summed E-state index contributed by atoms with van der Waals surface area (Å²) < 4.78 is 0. The molecule has 0 aliphatic heterocycles. The summed E-state index contributed by atoms with van der Waals surface area (Å²) >= 11 is 0. The molecule has 0 fully saturated rings. The Balaban J connectivity index is 2.02. The first-order chi connectivity index (χ1) is 10.1. The molecule has 6 nitrogen and oxygen atoms in total. The Morgan fingerprint density at radius 3 is 2.48 bits per heavy atom. The van der Waals surface area contributed by atoms with Crippen LogP contribution in [0.15, 0.2) is 53.6 Å². The standard InChI is InChI=1S/C15H13N3O3/c1-11-4-2-3-5-13(11)10-16-17-15(19)12-6-8-14(9-7-12)18(20)21/h2-10H,1H3,(H,17,19). The summed E-state index contributed by atoms with van der Waals surface area (Å²) in [5, 5.41) is 14.4. The minimum absolute atomic E-state index is 0.0602. The molecule has 0 unspecified atom stereocenters. The Hall–Kier alpha value is -3.02. The van der Waals surface area contributed by atoms with E-state index in [-0.39, 0.29) is 5.69 Å². The van der Waals surface area contributed by atoms with Gasteiger partial charge in [0.25, 0.3) is 11.6 Å². The van der Waals surface area contributed by atoms with Crippen molar-refractivity contribution in [2.75, 3.05) is 0 Å². The number of nitro benzene ring substituents is 1. The van der Waals surface area contributed by atoms with Gasteiger partial charge < -0.3 is 0 Å². The third-order valence-electron chi connectivity index (χ3n) is 2.90. The van der Waals surface area contributed by atoms with Crippen molar-refractivity contribution in [3.8, 4) is 0 Å². The SMILES string of the molecule is Cc1ccccc1C=NNC(=O)c1ccc([N+](=O)[O-])cc1. The van der Waals surface area contributed by atoms with Gasteiger partial charge in [0.05, 0.1) is 11.1 Å². The molecule has 0 heterocycles. The van der Waals surface area contributed by atoms with Crippen LogP contribution in [0, 0.1) is 17.0 Å². The highest BCUT2D eigenvalue weighted by atomic mass is 16.6. The molecule has 0 bridgehead atoms. The largest absolute Gasteiger partial charge is 0.271 e. The zero-order chi connectivity index (χ0) is 15.2. The van der Waals surface area contributed by atoms with Gasteiger partial charge in [-0.2, -0.15) is 5.10 Å². The van der Waals surface area contributed by atoms with Crippen LogP contribution in [0.2, 0.25) is 0 Å². The van der Waals surface area contributed by atoms with Crippen LogP contribution in [0.5, 0.6) is 0 Å². The fourth-order valence-electron chi connectivity index (χ4n) is 1.69. The van der Waals surface area contributed by atoms with Gasteiger partial charge >= 0.3 is 0 Å². The number of benzene rings is 2. The van der Waals surface area contributed by atoms with E-state index in [0.29, 0.717) is 5.56 Å². The highest BCUT2D eigenvalue weighted by Crippen LogP contribution is 2.11. The van der Waals surface area contributed by atoms with Crippen LogP contribution < -0.4 is 5.43 Å². The highest BCUT2D eigenvalue weighted by Gasteiger charge is 2.08. The second-order valence-electron chi connectivity index (χ2n) is 4.36. The van der Waals surface area contributed by atoms with Gasteiger partial charge in [-0.1, -0.05) is 24.3 Å². The predicted molar refractivity (Wildman–Crippen MR) is 79.3 cm³/mol. The summed E-state index contributed by atoms with van der Waals surface area (Å²) in [5.41, 5.74) is 4.58. The van der Waals surface area contributed by atoms with E-state index in [4.69, 9.17) is 0 Å². The topological polar surface area (TPSA) is 84.6 Å². The van der Waals surface area contributed by atoms with Crippen molar-refractivity contribution in [1.82, 2.24) is 5.43 Å². The molecule has 0 aromatic heterocycles. The normalized spacial score (nSPS) is 10.5. The number of carbonyl (C=O) groups excluding carboxylic acids is 1. The molecule has 21 heavy (non-hydrogen) atoms. The van der Waals surface area contributed by atoms with Crippen LogP contribution in [-0.4, -0.2) is 17.0 Å². The monoisotopic (exact) mass is 283 g/mol. The van der Waals surface area contributed by atoms with E-state index in [0.717, 1.165) is 11.1 Å². The van der Waals surface area contributed by atoms with Gasteiger partial charge in [0, 0.05) is 17.7 Å². The molecule has 0 saturated heterocycles. The number of carbonyl (C=O) groups is 1. The van der Waals surface area contributed by atoms with E-state index in [9.17, 15) is 14.9 Å². The second kappa shape index (κ2) is 6.42. The Labute approximate surface area is 121 Å². The van der Waals surface area contributed by atoms with Gasteiger partial charge in [-0.25, -0.2) is 5.43 Å². The molecule has 106 valence electrons. The first kappa shape index (κ1) is 14.4. The summed E-state index contributed by atoms with van der Waals surface area (Å²) in [4.78, 5) is 21.8. The second-order valence-corrected chi connectivity index (χ2v) is 4.36. The third-order valence-corrected chi connectivity index (χ3v) is 2.90. The number of amides is 1. The van der Waals surface area contributed by atoms with E-state index in [2.05, 4.69) is 10.5 Å². The van der Waals surface area contributed by atoms with E-state index in [1.54, 1.807) is 6.21 Å². The minimum Gasteiger partial charge on any atom is -0.267 e. The summed E-state index contributed by atoms with van der Waals surface area (Å²) in [6, 6.07) is 13.0. The van der Waals surface area contributed by atoms with E-state index in [1.165, 1.54) is 24.3 Å². The van der Waals surface area contributed by atoms with Crippen molar-refractivity contribution in [2.24, 2.45) is 5.10 Å². The van der Waals surface area contributed by atoms with Crippen LogP contribution in [0.25, 0.3) is 0 Å². The molecule has 0 aliphatic carbocycles. The summed E-state index contributed by atoms with van der Waals surface area (Å²) in [6.07, 6.45) is 1.55. The van der Waals surface area contributed by atoms with Crippen molar-refractivity contribution in [1.29, 1.82) is 0 Å². The lowest BCUT2D eigenvalue weighted by Gasteiger charge is -2.00. The Morgan fingerprint density at radius 2 is 1.86 bits per heavy atom. The molecule has 0 saturated carbocycles. The molecule has 0 radical (unpaired) electrons. The van der Waals surface area contributed by atoms with Crippen LogP contribution in [0.1, 0.15) is 21.5 Å². The fourth-order valence-corrected chi connectivity index (χ4v) is 1.69. The van der Waals surface area contributed by atoms with Gasteiger partial charge in [0.2, 0.25) is 0 Å². The van der Waals surface area contributed by atoms with Crippen LogP contribution in [0.3, 0.4) is 0 Å². The Kier molecular flexibility index (Phi) is 4.40. The number of hydrogen-bond donors (Lipinski definition) is 1. The quantitative estimate of drug-likeness (QED) is 0.532. The number of non-ortho nitro benzene ring substituents is 1. The molecule has 1 N–H and O–H groups in total. The van der Waals surface area contributed by atoms with Crippen LogP contribution >= 0.6 is 0 Å². The maximum atomic E-state index is 11.8. The van der Waals surface area contributed by atoms with E-state index < -0.39 is 10.8 Å². The van der Waals surface area contributed by atoms with Gasteiger partial charge in [-0.15, -0.1) is 0 Å². The van der Waals surface area contributed by atoms with Gasteiger partial charge in [0.15, 0.2) is 0 Å². The number of hydrogen-bond acceptors (Lipinski definition) is 4. The summed E-state index contributed by atoms with van der Waals surface area (Å²) in [7, 11) is 0. The number of aryl methyl sites for hydroxylation is 1. The number of nitrogens with zero attached hydrogens (tertiary/aromatic N) is 2. The zero-order valence-corrected chi connectivity index (χ0v) is 11.3. The maximum absolute atomic E-state index is 11.8. The fraction of sp³-hybridized carbons (Fsp3) is 0.0667. The molecule has 0 spiro atoms. The van der Waals surface area contributed by atoms with Crippen molar-refractivity contribution < 1.29 is 9.72 Å². The predicted octanol–water partition coefficient (Wildman–Crippen LogP) is 2.67. The zero-order valence-electron chi connectivity index (χ0n) is 11.3. The van der Waals surface area contributed by atoms with Crippen molar-refractivity contribution in [3.63, 3.8) is 0 Å². The summed E-state index contributed by atoms with van der Waals surface area (Å²) in [5.74, 6) is -0.422. The number of rotatable bonds is 4. The van der Waals surface area contributed by atoms with Gasteiger partial charge in [0.1, 0.15) is 0 Å². The molecular weight excluding hydrogens is 270 g/mol. The lowest BCUT2D eigenvalue weighted by atomic mass is 10.1. The smallest absolute Gasteiger partial charge is 0.267 e. The van der Waals surface area contributed by atoms with Crippen molar-refractivity contribution in [3.05, 3.63) is 75.3 Å². The first-order valence-electron chi connectivity index (χ1n) is 6.21. The first-order valence-corrected chi connectivity index (χ1v) is 6.21. The molecule has 2 aromatic carbocycles. The molecule has 0 aliphatic rings. The van der Waals surface area contributed by atoms with Gasteiger partial charge in [-0.05, 0) is 30.2 Å².